The van der Waals surface area contributed by atoms with Gasteiger partial charge in [0.1, 0.15) is 35.1 Å². The number of nitrogens with zero attached hydrogens (tertiary/aromatic N) is 1. The van der Waals surface area contributed by atoms with Gasteiger partial charge in [-0.3, -0.25) is 4.99 Å². The summed E-state index contributed by atoms with van der Waals surface area (Å²) in [6.07, 6.45) is 2.17. The number of halogens is 4. The maximum Gasteiger partial charge on any atom is 0.343 e. The predicted molar refractivity (Wildman–Crippen MR) is 104 cm³/mol. The zero-order valence-electron chi connectivity index (χ0n) is 16.2. The monoisotopic (exact) mass is 439 g/mol. The number of rotatable bonds is 8. The Hall–Kier alpha value is -3.82. The fourth-order valence-electron chi connectivity index (χ4n) is 2.30. The molecule has 0 unspecified atom stereocenters. The van der Waals surface area contributed by atoms with Crippen LogP contribution in [0.2, 0.25) is 0 Å². The fraction of sp³-hybridized carbons (Fsp3) is 0.143. The molecule has 0 spiro atoms. The SMILES string of the molecule is C=CCOc1ccc(O)c(N=C/C(C(=O)OCC)=C(/O)c2cc(F)c(F)c(F)c2F)c1. The Morgan fingerprint density at radius 3 is 2.52 bits per heavy atom. The molecule has 0 radical (unpaired) electrons. The first-order valence-corrected chi connectivity index (χ1v) is 8.75. The van der Waals surface area contributed by atoms with E-state index in [0.717, 1.165) is 0 Å². The summed E-state index contributed by atoms with van der Waals surface area (Å²) in [4.78, 5) is 16.0. The number of esters is 1. The minimum atomic E-state index is -2.17. The van der Waals surface area contributed by atoms with E-state index in [0.29, 0.717) is 6.21 Å². The zero-order chi connectivity index (χ0) is 23.1. The number of hydrogen-bond acceptors (Lipinski definition) is 6. The molecule has 6 nitrogen and oxygen atoms in total. The molecule has 0 bridgehead atoms. The van der Waals surface area contributed by atoms with Crippen molar-refractivity contribution in [3.63, 3.8) is 0 Å². The Bertz CT molecular complexity index is 1070. The summed E-state index contributed by atoms with van der Waals surface area (Å²) in [5, 5.41) is 20.2. The second-order valence-electron chi connectivity index (χ2n) is 5.84. The predicted octanol–water partition coefficient (Wildman–Crippen LogP) is 4.75. The summed E-state index contributed by atoms with van der Waals surface area (Å²) in [6.45, 7) is 4.92. The lowest BCUT2D eigenvalue weighted by Crippen LogP contribution is -2.12. The third-order valence-corrected chi connectivity index (χ3v) is 3.76. The summed E-state index contributed by atoms with van der Waals surface area (Å²) in [5.74, 6) is -10.5. The molecule has 0 aliphatic carbocycles. The Labute approximate surface area is 174 Å². The molecule has 31 heavy (non-hydrogen) atoms. The topological polar surface area (TPSA) is 88.4 Å². The normalized spacial score (nSPS) is 11.9. The van der Waals surface area contributed by atoms with Crippen molar-refractivity contribution in [3.05, 3.63) is 71.3 Å². The average molecular weight is 439 g/mol. The first kappa shape index (κ1) is 23.5. The van der Waals surface area contributed by atoms with Gasteiger partial charge < -0.3 is 19.7 Å². The summed E-state index contributed by atoms with van der Waals surface area (Å²) in [5.41, 5.74) is -2.05. The van der Waals surface area contributed by atoms with Crippen LogP contribution in [0.4, 0.5) is 23.2 Å². The molecular weight excluding hydrogens is 422 g/mol. The molecule has 0 amide bonds. The van der Waals surface area contributed by atoms with Crippen molar-refractivity contribution >= 4 is 23.6 Å². The minimum absolute atomic E-state index is 0.118. The number of aliphatic imine (C=N–C) groups is 1. The molecule has 0 aliphatic heterocycles. The van der Waals surface area contributed by atoms with Crippen molar-refractivity contribution in [2.75, 3.05) is 13.2 Å². The molecule has 2 N–H and O–H groups in total. The van der Waals surface area contributed by atoms with Gasteiger partial charge in [0.25, 0.3) is 0 Å². The third-order valence-electron chi connectivity index (χ3n) is 3.76. The van der Waals surface area contributed by atoms with E-state index in [1.54, 1.807) is 0 Å². The van der Waals surface area contributed by atoms with Crippen molar-refractivity contribution in [2.45, 2.75) is 6.92 Å². The second-order valence-corrected chi connectivity index (χ2v) is 5.84. The van der Waals surface area contributed by atoms with E-state index < -0.39 is 46.1 Å². The number of benzene rings is 2. The van der Waals surface area contributed by atoms with E-state index in [1.165, 1.54) is 31.2 Å². The quantitative estimate of drug-likeness (QED) is 0.0906. The first-order valence-electron chi connectivity index (χ1n) is 8.75. The molecule has 2 aromatic carbocycles. The average Bonchev–Trinajstić information content (AvgIpc) is 2.75. The Morgan fingerprint density at radius 1 is 1.16 bits per heavy atom. The summed E-state index contributed by atoms with van der Waals surface area (Å²) >= 11 is 0. The van der Waals surface area contributed by atoms with Crippen LogP contribution in [0.3, 0.4) is 0 Å². The van der Waals surface area contributed by atoms with Crippen LogP contribution in [0.15, 0.2) is 47.5 Å². The lowest BCUT2D eigenvalue weighted by molar-refractivity contribution is -0.137. The molecule has 0 saturated heterocycles. The van der Waals surface area contributed by atoms with Gasteiger partial charge in [-0.15, -0.1) is 0 Å². The van der Waals surface area contributed by atoms with Gasteiger partial charge >= 0.3 is 5.97 Å². The van der Waals surface area contributed by atoms with Gasteiger partial charge in [0.05, 0.1) is 12.2 Å². The van der Waals surface area contributed by atoms with E-state index in [1.807, 2.05) is 0 Å². The van der Waals surface area contributed by atoms with Gasteiger partial charge in [-0.1, -0.05) is 12.7 Å². The van der Waals surface area contributed by atoms with Gasteiger partial charge in [0, 0.05) is 12.3 Å². The van der Waals surface area contributed by atoms with Crippen molar-refractivity contribution in [1.82, 2.24) is 0 Å². The lowest BCUT2D eigenvalue weighted by atomic mass is 10.1. The number of phenolic OH excluding ortho intramolecular Hbond substituents is 1. The van der Waals surface area contributed by atoms with Gasteiger partial charge in [-0.05, 0) is 25.1 Å². The molecule has 0 heterocycles. The molecule has 164 valence electrons. The van der Waals surface area contributed by atoms with Gasteiger partial charge in [-0.25, -0.2) is 22.4 Å². The maximum atomic E-state index is 14.1. The number of phenols is 1. The van der Waals surface area contributed by atoms with Crippen molar-refractivity contribution in [3.8, 4) is 11.5 Å². The van der Waals surface area contributed by atoms with Crippen LogP contribution in [0.1, 0.15) is 12.5 Å². The number of aliphatic hydroxyl groups is 1. The zero-order valence-corrected chi connectivity index (χ0v) is 16.2. The van der Waals surface area contributed by atoms with Crippen molar-refractivity contribution < 1.29 is 42.0 Å². The molecule has 0 fully saturated rings. The first-order chi connectivity index (χ1) is 14.7. The van der Waals surface area contributed by atoms with Crippen LogP contribution in [0.25, 0.3) is 5.76 Å². The Kier molecular flexibility index (Phi) is 7.78. The highest BCUT2D eigenvalue weighted by atomic mass is 19.2. The molecule has 0 aliphatic rings. The van der Waals surface area contributed by atoms with E-state index in [9.17, 15) is 32.6 Å². The van der Waals surface area contributed by atoms with Crippen LogP contribution in [-0.4, -0.2) is 35.6 Å². The van der Waals surface area contributed by atoms with E-state index >= 15 is 0 Å². The van der Waals surface area contributed by atoms with Crippen LogP contribution >= 0.6 is 0 Å². The van der Waals surface area contributed by atoms with Crippen LogP contribution in [0, 0.1) is 23.3 Å². The van der Waals surface area contributed by atoms with Gasteiger partial charge in [0.15, 0.2) is 23.3 Å². The molecule has 0 atom stereocenters. The second kappa shape index (κ2) is 10.3. The highest BCUT2D eigenvalue weighted by molar-refractivity contribution is 6.15. The molecule has 0 aromatic heterocycles. The van der Waals surface area contributed by atoms with E-state index in [2.05, 4.69) is 11.6 Å². The number of aromatic hydroxyl groups is 1. The van der Waals surface area contributed by atoms with Crippen LogP contribution < -0.4 is 4.74 Å². The maximum absolute atomic E-state index is 14.1. The van der Waals surface area contributed by atoms with E-state index in [4.69, 9.17) is 9.47 Å². The van der Waals surface area contributed by atoms with Gasteiger partial charge in [-0.2, -0.15) is 0 Å². The number of ether oxygens (including phenoxy) is 2. The highest BCUT2D eigenvalue weighted by Crippen LogP contribution is 2.31. The summed E-state index contributed by atoms with van der Waals surface area (Å²) in [6, 6.07) is 4.13. The standard InChI is InChI=1S/C21H17F4NO5/c1-3-7-31-11-5-6-16(27)15(8-11)26-10-13(21(29)30-4-2)20(28)12-9-14(22)18(24)19(25)17(12)23/h3,5-6,8-10,27-28H,1,4,7H2,2H3/b20-13-,26-10?. The molecule has 10 heteroatoms. The number of carbonyl (C=O) groups excluding carboxylic acids is 1. The van der Waals surface area contributed by atoms with E-state index in [-0.39, 0.29) is 36.5 Å². The largest absolute Gasteiger partial charge is 0.506 e. The third kappa shape index (κ3) is 5.41. The number of carbonyl (C=O) groups is 1. The molecule has 0 saturated carbocycles. The van der Waals surface area contributed by atoms with Crippen LogP contribution in [-0.2, 0) is 9.53 Å². The van der Waals surface area contributed by atoms with Gasteiger partial charge in [0.2, 0.25) is 0 Å². The highest BCUT2D eigenvalue weighted by Gasteiger charge is 2.25. The van der Waals surface area contributed by atoms with Crippen molar-refractivity contribution in [1.29, 1.82) is 0 Å². The fourth-order valence-corrected chi connectivity index (χ4v) is 2.30. The molecule has 2 rings (SSSR count). The Morgan fingerprint density at radius 2 is 1.87 bits per heavy atom. The van der Waals surface area contributed by atoms with Crippen molar-refractivity contribution in [2.24, 2.45) is 4.99 Å². The lowest BCUT2D eigenvalue weighted by Gasteiger charge is -2.09. The Balaban J connectivity index is 2.58. The summed E-state index contributed by atoms with van der Waals surface area (Å²) in [7, 11) is 0. The molecule has 2 aromatic rings. The number of hydrogen-bond donors (Lipinski definition) is 2. The smallest absolute Gasteiger partial charge is 0.343 e. The summed E-state index contributed by atoms with van der Waals surface area (Å²) < 4.78 is 64.4. The number of aliphatic hydroxyl groups excluding tert-OH is 1. The van der Waals surface area contributed by atoms with Crippen LogP contribution in [0.5, 0.6) is 11.5 Å². The molecular formula is C21H17F4NO5. The minimum Gasteiger partial charge on any atom is -0.506 e.